The van der Waals surface area contributed by atoms with Crippen LogP contribution in [0.5, 0.6) is 0 Å². The van der Waals surface area contributed by atoms with Crippen LogP contribution in [0.25, 0.3) is 0 Å². The lowest BCUT2D eigenvalue weighted by Crippen LogP contribution is -2.43. The number of benzene rings is 1. The highest BCUT2D eigenvalue weighted by atomic mass is 32.2. The molecule has 1 saturated heterocycles. The quantitative estimate of drug-likeness (QED) is 0.243. The third-order valence-corrected chi connectivity index (χ3v) is 6.03. The molecule has 0 bridgehead atoms. The van der Waals surface area contributed by atoms with E-state index >= 15 is 0 Å². The van der Waals surface area contributed by atoms with Gasteiger partial charge in [-0.3, -0.25) is 24.6 Å². The minimum atomic E-state index is -4.24. The van der Waals surface area contributed by atoms with Gasteiger partial charge in [0.25, 0.3) is 11.6 Å². The number of imide groups is 1. The number of sulfonamides is 1. The number of rotatable bonds is 8. The van der Waals surface area contributed by atoms with E-state index in [1.165, 1.54) is 19.1 Å². The topological polar surface area (TPSA) is 165 Å². The number of ether oxygens (including phenoxy) is 1. The zero-order valence-electron chi connectivity index (χ0n) is 15.4. The van der Waals surface area contributed by atoms with Crippen LogP contribution in [0.2, 0.25) is 0 Å². The number of carbonyl (C=O) groups excluding carboxylic acids is 3. The van der Waals surface area contributed by atoms with Crippen molar-refractivity contribution in [3.63, 3.8) is 0 Å². The average molecular weight is 446 g/mol. The number of hydrogen-bond acceptors (Lipinski definition) is 9. The Morgan fingerprint density at radius 3 is 2.69 bits per heavy atom. The first-order valence-electron chi connectivity index (χ1n) is 8.17. The highest BCUT2D eigenvalue weighted by Gasteiger charge is 2.32. The van der Waals surface area contributed by atoms with Crippen LogP contribution in [0.4, 0.5) is 10.5 Å². The minimum absolute atomic E-state index is 0.136. The van der Waals surface area contributed by atoms with Crippen molar-refractivity contribution in [1.29, 1.82) is 0 Å². The van der Waals surface area contributed by atoms with Crippen molar-refractivity contribution in [2.45, 2.75) is 22.8 Å². The molecule has 0 aromatic heterocycles. The molecule has 1 unspecified atom stereocenters. The third kappa shape index (κ3) is 5.42. The number of carbonyl (C=O) groups is 3. The van der Waals surface area contributed by atoms with Crippen LogP contribution in [0, 0.1) is 10.1 Å². The molecule has 1 atom stereocenters. The molecule has 12 nitrogen and oxygen atoms in total. The van der Waals surface area contributed by atoms with E-state index in [9.17, 15) is 32.9 Å². The molecule has 29 heavy (non-hydrogen) atoms. The van der Waals surface area contributed by atoms with E-state index in [-0.39, 0.29) is 23.7 Å². The van der Waals surface area contributed by atoms with Gasteiger partial charge in [-0.1, -0.05) is 0 Å². The second-order valence-corrected chi connectivity index (χ2v) is 8.38. The summed E-state index contributed by atoms with van der Waals surface area (Å²) in [6.45, 7) is 0.874. The monoisotopic (exact) mass is 446 g/mol. The molecule has 2 N–H and O–H groups in total. The predicted molar refractivity (Wildman–Crippen MR) is 101 cm³/mol. The molecule has 0 radical (unpaired) electrons. The molecular formula is C15H18N4O8S2. The van der Waals surface area contributed by atoms with Gasteiger partial charge in [0, 0.05) is 19.2 Å². The van der Waals surface area contributed by atoms with Crippen molar-refractivity contribution in [3.8, 4) is 0 Å². The van der Waals surface area contributed by atoms with Crippen molar-refractivity contribution in [2.24, 2.45) is 0 Å². The van der Waals surface area contributed by atoms with E-state index in [0.29, 0.717) is 0 Å². The van der Waals surface area contributed by atoms with Crippen LogP contribution in [-0.2, 0) is 24.3 Å². The lowest BCUT2D eigenvalue weighted by Gasteiger charge is -2.18. The number of hydrogen-bond donors (Lipinski definition) is 2. The Morgan fingerprint density at radius 1 is 1.45 bits per heavy atom. The molecule has 1 aliphatic rings. The molecule has 0 aliphatic carbocycles. The van der Waals surface area contributed by atoms with Gasteiger partial charge in [0.15, 0.2) is 6.10 Å². The van der Waals surface area contributed by atoms with Crippen molar-refractivity contribution in [3.05, 3.63) is 28.3 Å². The summed E-state index contributed by atoms with van der Waals surface area (Å²) in [5.74, 6) is -1.79. The normalized spacial score (nSPS) is 15.0. The number of nitrogens with one attached hydrogen (secondary N) is 2. The summed E-state index contributed by atoms with van der Waals surface area (Å²) in [7, 11) is -4.24. The van der Waals surface area contributed by atoms with Crippen molar-refractivity contribution in [2.75, 3.05) is 25.9 Å². The third-order valence-electron chi connectivity index (χ3n) is 3.84. The van der Waals surface area contributed by atoms with Crippen LogP contribution in [-0.4, -0.2) is 68.1 Å². The first kappa shape index (κ1) is 22.6. The second kappa shape index (κ2) is 9.19. The largest absolute Gasteiger partial charge is 0.452 e. The summed E-state index contributed by atoms with van der Waals surface area (Å²) in [6.07, 6.45) is 0.316. The lowest BCUT2D eigenvalue weighted by molar-refractivity contribution is -0.388. The van der Waals surface area contributed by atoms with Gasteiger partial charge in [-0.25, -0.2) is 13.2 Å². The van der Waals surface area contributed by atoms with Gasteiger partial charge in [-0.2, -0.15) is 4.72 Å². The van der Waals surface area contributed by atoms with Crippen LogP contribution < -0.4 is 10.0 Å². The lowest BCUT2D eigenvalue weighted by atomic mass is 10.3. The summed E-state index contributed by atoms with van der Waals surface area (Å²) in [5.41, 5.74) is -0.383. The fraction of sp³-hybridized carbons (Fsp3) is 0.400. The van der Waals surface area contributed by atoms with Crippen LogP contribution in [0.1, 0.15) is 6.92 Å². The maximum absolute atomic E-state index is 12.3. The predicted octanol–water partition coefficient (Wildman–Crippen LogP) is 0.0785. The van der Waals surface area contributed by atoms with E-state index in [1.807, 2.05) is 4.72 Å². The Kier molecular flexibility index (Phi) is 7.16. The van der Waals surface area contributed by atoms with Gasteiger partial charge in [0.1, 0.15) is 6.54 Å². The molecule has 1 aromatic carbocycles. The number of amides is 3. The zero-order valence-corrected chi connectivity index (χ0v) is 17.0. The molecule has 0 saturated carbocycles. The van der Waals surface area contributed by atoms with Gasteiger partial charge >= 0.3 is 12.0 Å². The Morgan fingerprint density at radius 2 is 2.14 bits per heavy atom. The van der Waals surface area contributed by atoms with E-state index in [4.69, 9.17) is 4.74 Å². The molecule has 1 heterocycles. The molecule has 1 fully saturated rings. The average Bonchev–Trinajstić information content (AvgIpc) is 3.11. The Labute approximate surface area is 170 Å². The number of nitro benzene ring substituents is 1. The van der Waals surface area contributed by atoms with Crippen molar-refractivity contribution in [1.82, 2.24) is 14.9 Å². The van der Waals surface area contributed by atoms with E-state index in [2.05, 4.69) is 5.32 Å². The van der Waals surface area contributed by atoms with Gasteiger partial charge in [-0.05, 0) is 25.3 Å². The first-order chi connectivity index (χ1) is 13.6. The fourth-order valence-electron chi connectivity index (χ4n) is 2.41. The van der Waals surface area contributed by atoms with Gasteiger partial charge in [0.05, 0.1) is 14.7 Å². The number of urea groups is 1. The molecule has 1 aliphatic heterocycles. The maximum Gasteiger partial charge on any atom is 0.324 e. The zero-order chi connectivity index (χ0) is 21.8. The molecule has 1 aromatic rings. The molecular weight excluding hydrogens is 428 g/mol. The number of nitrogens with zero attached hydrogens (tertiary/aromatic N) is 2. The molecule has 14 heteroatoms. The standard InChI is InChI=1S/C15H18N4O8S2/c1-9(14(21)18-6-5-16-15(18)22)27-13(20)8-17-29(25,26)10-3-4-12(28-2)11(7-10)19(23)24/h3-4,7,9,17H,5-6,8H2,1-2H3,(H,16,22). The minimum Gasteiger partial charge on any atom is -0.452 e. The number of esters is 1. The summed E-state index contributed by atoms with van der Waals surface area (Å²) >= 11 is 1.09. The van der Waals surface area contributed by atoms with Crippen LogP contribution in [0.3, 0.4) is 0 Å². The maximum atomic E-state index is 12.3. The number of nitro groups is 1. The van der Waals surface area contributed by atoms with Gasteiger partial charge in [0.2, 0.25) is 10.0 Å². The van der Waals surface area contributed by atoms with E-state index in [1.54, 1.807) is 6.26 Å². The van der Waals surface area contributed by atoms with Crippen LogP contribution in [0.15, 0.2) is 28.0 Å². The second-order valence-electron chi connectivity index (χ2n) is 5.77. The molecule has 3 amide bonds. The van der Waals surface area contributed by atoms with E-state index in [0.717, 1.165) is 22.7 Å². The van der Waals surface area contributed by atoms with E-state index < -0.39 is 50.4 Å². The summed E-state index contributed by atoms with van der Waals surface area (Å²) in [4.78, 5) is 46.5. The summed E-state index contributed by atoms with van der Waals surface area (Å²) < 4.78 is 31.4. The highest BCUT2D eigenvalue weighted by molar-refractivity contribution is 7.98. The van der Waals surface area contributed by atoms with Crippen LogP contribution >= 0.6 is 11.8 Å². The Bertz CT molecular complexity index is 950. The number of thioether (sulfide) groups is 1. The fourth-order valence-corrected chi connectivity index (χ4v) is 3.94. The smallest absolute Gasteiger partial charge is 0.324 e. The Balaban J connectivity index is 2.00. The first-order valence-corrected chi connectivity index (χ1v) is 10.9. The van der Waals surface area contributed by atoms with Crippen molar-refractivity contribution >= 4 is 45.4 Å². The van der Waals surface area contributed by atoms with Crippen molar-refractivity contribution < 1.29 is 32.5 Å². The van der Waals surface area contributed by atoms with Gasteiger partial charge < -0.3 is 10.1 Å². The molecule has 0 spiro atoms. The SMILES string of the molecule is CSc1ccc(S(=O)(=O)NCC(=O)OC(C)C(=O)N2CCNC2=O)cc1[N+](=O)[O-]. The van der Waals surface area contributed by atoms with Gasteiger partial charge in [-0.15, -0.1) is 11.8 Å². The summed E-state index contributed by atoms with van der Waals surface area (Å²) in [6, 6.07) is 2.74. The summed E-state index contributed by atoms with van der Waals surface area (Å²) in [5, 5.41) is 13.5. The Hall–Kier alpha value is -2.71. The molecule has 2 rings (SSSR count). The molecule has 158 valence electrons. The highest BCUT2D eigenvalue weighted by Crippen LogP contribution is 2.29.